The standard InChI is InChI=1S/C31H38ClN5O4S/c1-42(40,41)24-12-10-22(11-13-24)34-31(39)35-23-15-18-37(19-16-23)29(38)8-4-5-17-33-30-25-6-2-3-7-27(25)36-28-20-21(32)9-14-26(28)30/h9-14,20,23H,2-8,15-19H2,1H3,(H,33,36)(H2,34,35,39). The van der Waals surface area contributed by atoms with E-state index in [1.807, 2.05) is 23.1 Å². The molecule has 9 nitrogen and oxygen atoms in total. The number of amides is 3. The molecule has 1 saturated heterocycles. The Bertz CT molecular complexity index is 1550. The lowest BCUT2D eigenvalue weighted by atomic mass is 9.92. The molecule has 42 heavy (non-hydrogen) atoms. The minimum absolute atomic E-state index is 0.0236. The molecule has 3 aromatic rings. The molecule has 11 heteroatoms. The molecule has 0 bridgehead atoms. The first-order valence-electron chi connectivity index (χ1n) is 14.7. The molecule has 1 fully saturated rings. The van der Waals surface area contributed by atoms with Crippen molar-refractivity contribution in [1.82, 2.24) is 15.2 Å². The highest BCUT2D eigenvalue weighted by Gasteiger charge is 2.24. The zero-order valence-electron chi connectivity index (χ0n) is 23.9. The third-order valence-corrected chi connectivity index (χ3v) is 9.43. The molecule has 3 N–H and O–H groups in total. The van der Waals surface area contributed by atoms with E-state index in [1.54, 1.807) is 12.1 Å². The molecule has 2 heterocycles. The Morgan fingerprint density at radius 1 is 1.02 bits per heavy atom. The summed E-state index contributed by atoms with van der Waals surface area (Å²) < 4.78 is 23.2. The van der Waals surface area contributed by atoms with Crippen LogP contribution < -0.4 is 16.0 Å². The Balaban J connectivity index is 1.03. The van der Waals surface area contributed by atoms with Crippen LogP contribution in [0, 0.1) is 0 Å². The van der Waals surface area contributed by atoms with Crippen molar-refractivity contribution < 1.29 is 18.0 Å². The summed E-state index contributed by atoms with van der Waals surface area (Å²) >= 11 is 6.24. The first-order chi connectivity index (χ1) is 20.2. The molecule has 0 radical (unpaired) electrons. The number of pyridine rings is 1. The number of anilines is 2. The van der Waals surface area contributed by atoms with E-state index in [1.165, 1.54) is 35.5 Å². The maximum atomic E-state index is 12.8. The monoisotopic (exact) mass is 611 g/mol. The minimum Gasteiger partial charge on any atom is -0.384 e. The summed E-state index contributed by atoms with van der Waals surface area (Å²) in [5.41, 5.74) is 5.11. The molecule has 0 atom stereocenters. The average Bonchev–Trinajstić information content (AvgIpc) is 2.96. The van der Waals surface area contributed by atoms with E-state index in [0.717, 1.165) is 55.8 Å². The number of fused-ring (bicyclic) bond motifs is 2. The zero-order chi connectivity index (χ0) is 29.7. The van der Waals surface area contributed by atoms with Crippen molar-refractivity contribution >= 4 is 55.7 Å². The van der Waals surface area contributed by atoms with Crippen molar-refractivity contribution in [2.24, 2.45) is 0 Å². The van der Waals surface area contributed by atoms with Gasteiger partial charge in [-0.1, -0.05) is 11.6 Å². The van der Waals surface area contributed by atoms with E-state index in [0.29, 0.717) is 43.1 Å². The molecule has 3 amide bonds. The van der Waals surface area contributed by atoms with Crippen LogP contribution in [0.4, 0.5) is 16.2 Å². The predicted molar refractivity (Wildman–Crippen MR) is 167 cm³/mol. The number of nitrogens with zero attached hydrogens (tertiary/aromatic N) is 2. The Labute approximate surface area is 252 Å². The summed E-state index contributed by atoms with van der Waals surface area (Å²) in [6, 6.07) is 11.6. The lowest BCUT2D eigenvalue weighted by Gasteiger charge is -2.32. The van der Waals surface area contributed by atoms with Gasteiger partial charge in [0.2, 0.25) is 5.91 Å². The number of aromatic nitrogens is 1. The molecule has 2 aromatic carbocycles. The van der Waals surface area contributed by atoms with Crippen LogP contribution in [0.2, 0.25) is 5.02 Å². The number of rotatable bonds is 9. The Morgan fingerprint density at radius 2 is 1.76 bits per heavy atom. The number of urea groups is 1. The number of benzene rings is 2. The van der Waals surface area contributed by atoms with Crippen molar-refractivity contribution in [2.45, 2.75) is 68.7 Å². The number of halogens is 1. The van der Waals surface area contributed by atoms with E-state index < -0.39 is 9.84 Å². The molecule has 224 valence electrons. The summed E-state index contributed by atoms with van der Waals surface area (Å²) in [5, 5.41) is 11.2. The van der Waals surface area contributed by atoms with E-state index in [9.17, 15) is 18.0 Å². The quantitative estimate of drug-likeness (QED) is 0.272. The number of carbonyl (C=O) groups is 2. The number of carbonyl (C=O) groups excluding carboxylic acids is 2. The van der Waals surface area contributed by atoms with Gasteiger partial charge >= 0.3 is 6.03 Å². The Hall–Kier alpha value is -3.37. The van der Waals surface area contributed by atoms with Gasteiger partial charge in [-0.2, -0.15) is 0 Å². The molecule has 5 rings (SSSR count). The summed E-state index contributed by atoms with van der Waals surface area (Å²) in [4.78, 5) is 32.2. The number of hydrogen-bond donors (Lipinski definition) is 3. The molecule has 1 aliphatic heterocycles. The predicted octanol–water partition coefficient (Wildman–Crippen LogP) is 5.57. The molecule has 0 saturated carbocycles. The number of piperidine rings is 1. The van der Waals surface area contributed by atoms with Gasteiger partial charge in [0, 0.05) is 65.8 Å². The number of sulfone groups is 1. The fourth-order valence-corrected chi connectivity index (χ4v) is 6.58. The van der Waals surface area contributed by atoms with Crippen LogP contribution in [0.25, 0.3) is 10.9 Å². The lowest BCUT2D eigenvalue weighted by Crippen LogP contribution is -2.47. The maximum Gasteiger partial charge on any atom is 0.319 e. The van der Waals surface area contributed by atoms with E-state index in [2.05, 4.69) is 16.0 Å². The van der Waals surface area contributed by atoms with Gasteiger partial charge < -0.3 is 20.9 Å². The molecular weight excluding hydrogens is 574 g/mol. The number of aryl methyl sites for hydroxylation is 1. The second kappa shape index (κ2) is 13.3. The summed E-state index contributed by atoms with van der Waals surface area (Å²) in [6.07, 6.45) is 9.11. The number of hydrogen-bond acceptors (Lipinski definition) is 6. The van der Waals surface area contributed by atoms with Crippen LogP contribution in [0.15, 0.2) is 47.4 Å². The minimum atomic E-state index is -3.29. The van der Waals surface area contributed by atoms with Gasteiger partial charge in [-0.05, 0) is 99.4 Å². The normalized spacial score (nSPS) is 15.7. The van der Waals surface area contributed by atoms with Crippen LogP contribution in [0.1, 0.15) is 56.2 Å². The number of unbranched alkanes of at least 4 members (excludes halogenated alkanes) is 1. The summed E-state index contributed by atoms with van der Waals surface area (Å²) in [5.74, 6) is 0.158. The molecule has 1 aliphatic carbocycles. The fraction of sp³-hybridized carbons (Fsp3) is 0.452. The van der Waals surface area contributed by atoms with Crippen molar-refractivity contribution in [1.29, 1.82) is 0 Å². The molecule has 0 unspecified atom stereocenters. The second-order valence-electron chi connectivity index (χ2n) is 11.2. The van der Waals surface area contributed by atoms with Gasteiger partial charge in [-0.25, -0.2) is 13.2 Å². The van der Waals surface area contributed by atoms with Crippen molar-refractivity contribution in [3.05, 3.63) is 58.7 Å². The molecule has 0 spiro atoms. The third kappa shape index (κ3) is 7.52. The van der Waals surface area contributed by atoms with E-state index in [-0.39, 0.29) is 22.9 Å². The Kier molecular flexibility index (Phi) is 9.53. The highest BCUT2D eigenvalue weighted by Crippen LogP contribution is 2.34. The zero-order valence-corrected chi connectivity index (χ0v) is 25.5. The van der Waals surface area contributed by atoms with Gasteiger partial charge in [0.05, 0.1) is 10.4 Å². The SMILES string of the molecule is CS(=O)(=O)c1ccc(NC(=O)NC2CCN(C(=O)CCCCNc3c4c(nc5cc(Cl)ccc35)CCCC4)CC2)cc1. The fourth-order valence-electron chi connectivity index (χ4n) is 5.78. The smallest absolute Gasteiger partial charge is 0.319 e. The van der Waals surface area contributed by atoms with Gasteiger partial charge in [-0.3, -0.25) is 9.78 Å². The third-order valence-electron chi connectivity index (χ3n) is 8.07. The first-order valence-corrected chi connectivity index (χ1v) is 16.9. The summed E-state index contributed by atoms with van der Waals surface area (Å²) in [6.45, 7) is 2.02. The number of likely N-dealkylation sites (tertiary alicyclic amines) is 1. The second-order valence-corrected chi connectivity index (χ2v) is 13.7. The van der Waals surface area contributed by atoms with Gasteiger partial charge in [0.1, 0.15) is 0 Å². The highest BCUT2D eigenvalue weighted by atomic mass is 35.5. The van der Waals surface area contributed by atoms with Gasteiger partial charge in [0.15, 0.2) is 9.84 Å². The van der Waals surface area contributed by atoms with Crippen molar-refractivity contribution in [3.8, 4) is 0 Å². The largest absolute Gasteiger partial charge is 0.384 e. The van der Waals surface area contributed by atoms with Crippen LogP contribution >= 0.6 is 11.6 Å². The summed E-state index contributed by atoms with van der Waals surface area (Å²) in [7, 11) is -3.29. The van der Waals surface area contributed by atoms with Gasteiger partial charge in [0.25, 0.3) is 0 Å². The molecule has 2 aliphatic rings. The lowest BCUT2D eigenvalue weighted by molar-refractivity contribution is -0.132. The van der Waals surface area contributed by atoms with Crippen molar-refractivity contribution in [2.75, 3.05) is 36.5 Å². The first kappa shape index (κ1) is 30.1. The topological polar surface area (TPSA) is 120 Å². The van der Waals surface area contributed by atoms with Crippen LogP contribution in [0.5, 0.6) is 0 Å². The van der Waals surface area contributed by atoms with Crippen LogP contribution in [-0.4, -0.2) is 62.2 Å². The molecular formula is C31H38ClN5O4S. The van der Waals surface area contributed by atoms with Crippen molar-refractivity contribution in [3.63, 3.8) is 0 Å². The average molecular weight is 612 g/mol. The van der Waals surface area contributed by atoms with E-state index in [4.69, 9.17) is 16.6 Å². The maximum absolute atomic E-state index is 12.8. The number of nitrogens with one attached hydrogen (secondary N) is 3. The van der Waals surface area contributed by atoms with Gasteiger partial charge in [-0.15, -0.1) is 0 Å². The van der Waals surface area contributed by atoms with Crippen LogP contribution in [0.3, 0.4) is 0 Å². The van der Waals surface area contributed by atoms with E-state index >= 15 is 0 Å². The molecule has 1 aromatic heterocycles. The van der Waals surface area contributed by atoms with Crippen LogP contribution in [-0.2, 0) is 27.5 Å². The Morgan fingerprint density at radius 3 is 2.50 bits per heavy atom. The highest BCUT2D eigenvalue weighted by molar-refractivity contribution is 7.90.